The van der Waals surface area contributed by atoms with Crippen LogP contribution in [0.5, 0.6) is 0 Å². The topological polar surface area (TPSA) is 102 Å². The van der Waals surface area contributed by atoms with Crippen molar-refractivity contribution < 1.29 is 9.72 Å². The highest BCUT2D eigenvalue weighted by atomic mass is 32.2. The Kier molecular flexibility index (Phi) is 4.07. The van der Waals surface area contributed by atoms with Gasteiger partial charge in [-0.25, -0.2) is 5.43 Å². The van der Waals surface area contributed by atoms with Crippen molar-refractivity contribution in [1.82, 2.24) is 9.84 Å². The molecule has 106 valence electrons. The van der Waals surface area contributed by atoms with Crippen LogP contribution in [-0.2, 0) is 0 Å². The van der Waals surface area contributed by atoms with Crippen LogP contribution in [0, 0.1) is 10.1 Å². The van der Waals surface area contributed by atoms with Gasteiger partial charge in [0.2, 0.25) is 5.78 Å². The number of anilines is 1. The second kappa shape index (κ2) is 5.61. The van der Waals surface area contributed by atoms with Gasteiger partial charge in [-0.2, -0.15) is 4.41 Å². The molecule has 0 spiro atoms. The Bertz CT molecular complexity index is 615. The minimum absolute atomic E-state index is 0.0492. The van der Waals surface area contributed by atoms with E-state index in [0.717, 1.165) is 5.57 Å². The van der Waals surface area contributed by atoms with Crippen molar-refractivity contribution in [3.05, 3.63) is 44.4 Å². The molecule has 0 saturated heterocycles. The lowest BCUT2D eigenvalue weighted by atomic mass is 10.1. The zero-order chi connectivity index (χ0) is 14.9. The van der Waals surface area contributed by atoms with E-state index >= 15 is 0 Å². The third-order valence-corrected chi connectivity index (χ3v) is 4.16. The lowest BCUT2D eigenvalue weighted by molar-refractivity contribution is -0.383. The number of carbonyl (C=O) groups excluding carboxylic acids is 1. The molecule has 8 heteroatoms. The first-order valence-corrected chi connectivity index (χ1v) is 6.62. The number of nitrogens with two attached hydrogens (primary N) is 1. The Labute approximate surface area is 120 Å². The third kappa shape index (κ3) is 2.67. The van der Waals surface area contributed by atoms with Crippen molar-refractivity contribution in [3.8, 4) is 0 Å². The molecule has 0 amide bonds. The average Bonchev–Trinajstić information content (AvgIpc) is 2.79. The molecule has 0 saturated carbocycles. The molecule has 2 rings (SSSR count). The molecular formula is C12H14N4O3S. The first-order valence-electron chi connectivity index (χ1n) is 5.85. The quantitative estimate of drug-likeness (QED) is 0.287. The SMILES string of the molecule is CNN1CC(C)=C(C(=O)c2ccc(N)c([N+](=O)[O-])c2)S1. The number of hydrogen-bond donors (Lipinski definition) is 2. The number of benzene rings is 1. The molecule has 1 aromatic rings. The van der Waals surface area contributed by atoms with Gasteiger partial charge in [0.05, 0.1) is 9.83 Å². The van der Waals surface area contributed by atoms with E-state index in [1.807, 2.05) is 11.3 Å². The Morgan fingerprint density at radius 3 is 2.80 bits per heavy atom. The van der Waals surface area contributed by atoms with Crippen LogP contribution in [0.15, 0.2) is 28.7 Å². The largest absolute Gasteiger partial charge is 0.393 e. The van der Waals surface area contributed by atoms with Gasteiger partial charge < -0.3 is 5.73 Å². The van der Waals surface area contributed by atoms with Crippen molar-refractivity contribution in [3.63, 3.8) is 0 Å². The summed E-state index contributed by atoms with van der Waals surface area (Å²) in [6.07, 6.45) is 0. The molecule has 1 heterocycles. The number of nitro benzene ring substituents is 1. The molecule has 0 aromatic heterocycles. The van der Waals surface area contributed by atoms with Gasteiger partial charge in [-0.1, -0.05) is 0 Å². The Morgan fingerprint density at radius 2 is 2.25 bits per heavy atom. The third-order valence-electron chi connectivity index (χ3n) is 2.91. The molecule has 0 unspecified atom stereocenters. The molecule has 7 nitrogen and oxygen atoms in total. The Morgan fingerprint density at radius 1 is 1.55 bits per heavy atom. The molecule has 20 heavy (non-hydrogen) atoms. The normalized spacial score (nSPS) is 15.7. The van der Waals surface area contributed by atoms with Gasteiger partial charge in [-0.15, -0.1) is 0 Å². The van der Waals surface area contributed by atoms with Crippen LogP contribution in [0.4, 0.5) is 11.4 Å². The Balaban J connectivity index is 2.33. The summed E-state index contributed by atoms with van der Waals surface area (Å²) in [5.41, 5.74) is 9.47. The molecule has 0 fully saturated rings. The summed E-state index contributed by atoms with van der Waals surface area (Å²) >= 11 is 1.29. The molecule has 0 atom stereocenters. The molecule has 1 aromatic carbocycles. The van der Waals surface area contributed by atoms with Crippen LogP contribution in [-0.4, -0.2) is 28.7 Å². The van der Waals surface area contributed by atoms with Crippen LogP contribution in [0.3, 0.4) is 0 Å². The maximum Gasteiger partial charge on any atom is 0.292 e. The maximum atomic E-state index is 12.4. The van der Waals surface area contributed by atoms with Crippen LogP contribution >= 0.6 is 11.9 Å². The number of carbonyl (C=O) groups is 1. The molecule has 1 aliphatic heterocycles. The summed E-state index contributed by atoms with van der Waals surface area (Å²) in [4.78, 5) is 23.3. The standard InChI is InChI=1S/C12H14N4O3S/c1-7-6-15(14-2)20-12(7)11(17)8-3-4-9(13)10(5-8)16(18)19/h3-5,14H,6,13H2,1-2H3. The van der Waals surface area contributed by atoms with E-state index in [-0.39, 0.29) is 22.7 Å². The van der Waals surface area contributed by atoms with Gasteiger partial charge in [0.15, 0.2) is 0 Å². The number of hydrazine groups is 1. The summed E-state index contributed by atoms with van der Waals surface area (Å²) in [5.74, 6) is -0.228. The predicted molar refractivity (Wildman–Crippen MR) is 77.9 cm³/mol. The predicted octanol–water partition coefficient (Wildman–Crippen LogP) is 1.73. The first-order chi connectivity index (χ1) is 9.43. The highest BCUT2D eigenvalue weighted by Crippen LogP contribution is 2.34. The molecule has 0 radical (unpaired) electrons. The number of nitrogens with one attached hydrogen (secondary N) is 1. The highest BCUT2D eigenvalue weighted by Gasteiger charge is 2.27. The fourth-order valence-corrected chi connectivity index (χ4v) is 2.83. The zero-order valence-electron chi connectivity index (χ0n) is 11.0. The minimum Gasteiger partial charge on any atom is -0.393 e. The number of nitrogen functional groups attached to an aromatic ring is 1. The molecular weight excluding hydrogens is 280 g/mol. The first kappa shape index (κ1) is 14.5. The van der Waals surface area contributed by atoms with Gasteiger partial charge in [-0.3, -0.25) is 14.9 Å². The molecule has 0 aliphatic carbocycles. The van der Waals surface area contributed by atoms with Crippen molar-refractivity contribution >= 4 is 29.1 Å². The van der Waals surface area contributed by atoms with Gasteiger partial charge in [-0.05, 0) is 43.6 Å². The van der Waals surface area contributed by atoms with E-state index in [1.165, 1.54) is 30.1 Å². The number of rotatable bonds is 4. The van der Waals surface area contributed by atoms with Crippen molar-refractivity contribution in [2.75, 3.05) is 19.3 Å². The van der Waals surface area contributed by atoms with E-state index < -0.39 is 4.92 Å². The summed E-state index contributed by atoms with van der Waals surface area (Å²) in [5, 5.41) is 10.9. The zero-order valence-corrected chi connectivity index (χ0v) is 11.9. The lowest BCUT2D eigenvalue weighted by Crippen LogP contribution is -2.26. The average molecular weight is 294 g/mol. The van der Waals surface area contributed by atoms with E-state index in [1.54, 1.807) is 7.05 Å². The van der Waals surface area contributed by atoms with Gasteiger partial charge in [0.1, 0.15) is 5.69 Å². The van der Waals surface area contributed by atoms with Crippen molar-refractivity contribution in [2.24, 2.45) is 0 Å². The fourth-order valence-electron chi connectivity index (χ4n) is 1.84. The molecule has 0 bridgehead atoms. The smallest absolute Gasteiger partial charge is 0.292 e. The fraction of sp³-hybridized carbons (Fsp3) is 0.250. The second-order valence-electron chi connectivity index (χ2n) is 4.32. The number of nitrogens with zero attached hydrogens (tertiary/aromatic N) is 2. The number of allylic oxidation sites excluding steroid dienone is 1. The number of ketones is 1. The van der Waals surface area contributed by atoms with Gasteiger partial charge in [0, 0.05) is 18.2 Å². The number of hydrogen-bond acceptors (Lipinski definition) is 7. The maximum absolute atomic E-state index is 12.4. The minimum atomic E-state index is -0.588. The summed E-state index contributed by atoms with van der Waals surface area (Å²) in [7, 11) is 1.77. The van der Waals surface area contributed by atoms with E-state index in [4.69, 9.17) is 5.73 Å². The van der Waals surface area contributed by atoms with E-state index in [0.29, 0.717) is 11.4 Å². The number of Topliss-reactive ketones (excluding diaryl/α,β-unsaturated/α-hetero) is 1. The van der Waals surface area contributed by atoms with Crippen LogP contribution < -0.4 is 11.2 Å². The van der Waals surface area contributed by atoms with Crippen molar-refractivity contribution in [1.29, 1.82) is 0 Å². The Hall–Kier alpha value is -1.90. The lowest BCUT2D eigenvalue weighted by Gasteiger charge is -2.11. The van der Waals surface area contributed by atoms with Crippen LogP contribution in [0.2, 0.25) is 0 Å². The summed E-state index contributed by atoms with van der Waals surface area (Å²) in [6, 6.07) is 4.12. The van der Waals surface area contributed by atoms with Crippen molar-refractivity contribution in [2.45, 2.75) is 6.92 Å². The van der Waals surface area contributed by atoms with Crippen LogP contribution in [0.25, 0.3) is 0 Å². The second-order valence-corrected chi connectivity index (χ2v) is 5.35. The van der Waals surface area contributed by atoms with E-state index in [9.17, 15) is 14.9 Å². The monoisotopic (exact) mass is 294 g/mol. The van der Waals surface area contributed by atoms with Crippen LogP contribution in [0.1, 0.15) is 17.3 Å². The van der Waals surface area contributed by atoms with Gasteiger partial charge in [0.25, 0.3) is 5.69 Å². The molecule has 1 aliphatic rings. The summed E-state index contributed by atoms with van der Waals surface area (Å²) < 4.78 is 1.81. The summed E-state index contributed by atoms with van der Waals surface area (Å²) in [6.45, 7) is 2.49. The molecule has 3 N–H and O–H groups in total. The van der Waals surface area contributed by atoms with E-state index in [2.05, 4.69) is 5.43 Å². The number of nitro groups is 1. The van der Waals surface area contributed by atoms with Gasteiger partial charge >= 0.3 is 0 Å². The highest BCUT2D eigenvalue weighted by molar-refractivity contribution is 8.02.